The standard InChI is InChI=1S/C34H45BrF3N7O3S/c1-41-7-3-25(4-8-41)42-12-14-44(15-13-42)32(47)24(16-22-17-27(34(36,37)38)31(39)28(35)18-22)19-30(46)43-9-5-26(6-10-43)45-11-2-23-20-49-21-29(23)40-33(45)48/h17-18,20-21,24-26H,2-16,19,39H2,1H3,(H,40,48)/t24-/m0/s1. The maximum absolute atomic E-state index is 14.1. The topological polar surface area (TPSA) is 105 Å². The second kappa shape index (κ2) is 15.2. The number of likely N-dealkylation sites (tertiary alicyclic amines) is 2. The number of hydrogen-bond acceptors (Lipinski definition) is 7. The zero-order valence-electron chi connectivity index (χ0n) is 27.8. The number of rotatable bonds is 7. The average molecular weight is 769 g/mol. The molecule has 10 nitrogen and oxygen atoms in total. The molecule has 0 radical (unpaired) electrons. The van der Waals surface area contributed by atoms with Crippen LogP contribution in [0.15, 0.2) is 27.4 Å². The first-order chi connectivity index (χ1) is 23.4. The number of nitrogen functional groups attached to an aromatic ring is 1. The molecule has 0 saturated carbocycles. The lowest BCUT2D eigenvalue weighted by Crippen LogP contribution is -2.55. The Morgan fingerprint density at radius 2 is 1.63 bits per heavy atom. The molecule has 1 aromatic carbocycles. The molecule has 2 aromatic rings. The largest absolute Gasteiger partial charge is 0.418 e. The van der Waals surface area contributed by atoms with Crippen LogP contribution in [0.1, 0.15) is 48.8 Å². The summed E-state index contributed by atoms with van der Waals surface area (Å²) in [4.78, 5) is 51.0. The average Bonchev–Trinajstić information content (AvgIpc) is 3.45. The summed E-state index contributed by atoms with van der Waals surface area (Å²) in [6.45, 7) is 6.08. The highest BCUT2D eigenvalue weighted by atomic mass is 79.9. The van der Waals surface area contributed by atoms with Crippen molar-refractivity contribution in [2.45, 2.75) is 63.2 Å². The highest BCUT2D eigenvalue weighted by molar-refractivity contribution is 9.10. The van der Waals surface area contributed by atoms with E-state index in [-0.39, 0.29) is 41.2 Å². The molecule has 0 spiro atoms. The first kappa shape index (κ1) is 35.9. The number of hydrogen-bond donors (Lipinski definition) is 2. The first-order valence-electron chi connectivity index (χ1n) is 17.1. The molecule has 6 rings (SSSR count). The molecule has 1 atom stereocenters. The Bertz CT molecular complexity index is 1520. The van der Waals surface area contributed by atoms with E-state index < -0.39 is 23.3 Å². The molecule has 15 heteroatoms. The van der Waals surface area contributed by atoms with Gasteiger partial charge in [0, 0.05) is 74.2 Å². The van der Waals surface area contributed by atoms with E-state index in [1.807, 2.05) is 10.3 Å². The molecule has 4 aliphatic rings. The molecule has 0 unspecified atom stereocenters. The SMILES string of the molecule is CN1CCC(N2CCN(C(=O)[C@H](CC(=O)N3CCC(N4CCc5cscc5NC4=O)CC3)Cc3cc(Br)c(N)c(C(F)(F)F)c3)CC2)CC1. The normalized spacial score (nSPS) is 21.3. The number of thiophene rings is 1. The summed E-state index contributed by atoms with van der Waals surface area (Å²) in [7, 11) is 2.13. The molecule has 0 bridgehead atoms. The predicted molar refractivity (Wildman–Crippen MR) is 187 cm³/mol. The second-order valence-electron chi connectivity index (χ2n) is 13.8. The maximum atomic E-state index is 14.1. The van der Waals surface area contributed by atoms with Crippen molar-refractivity contribution in [2.24, 2.45) is 5.92 Å². The van der Waals surface area contributed by atoms with Crippen molar-refractivity contribution in [2.75, 3.05) is 77.0 Å². The number of fused-ring (bicyclic) bond motifs is 1. The minimum absolute atomic E-state index is 0.0112. The van der Waals surface area contributed by atoms with Gasteiger partial charge in [0.15, 0.2) is 0 Å². The fraction of sp³-hybridized carbons (Fsp3) is 0.618. The number of nitrogens with zero attached hydrogens (tertiary/aromatic N) is 5. The lowest BCUT2D eigenvalue weighted by atomic mass is 9.91. The molecule has 3 saturated heterocycles. The van der Waals surface area contributed by atoms with Crippen LogP contribution in [-0.4, -0.2) is 120 Å². The van der Waals surface area contributed by atoms with Crippen LogP contribution in [0.25, 0.3) is 0 Å². The number of urea groups is 1. The fourth-order valence-electron chi connectivity index (χ4n) is 7.75. The van der Waals surface area contributed by atoms with Crippen molar-refractivity contribution < 1.29 is 27.6 Å². The van der Waals surface area contributed by atoms with Crippen molar-refractivity contribution in [1.29, 1.82) is 0 Å². The summed E-state index contributed by atoms with van der Waals surface area (Å²) >= 11 is 4.74. The van der Waals surface area contributed by atoms with Gasteiger partial charge >= 0.3 is 12.2 Å². The third-order valence-corrected chi connectivity index (χ3v) is 12.2. The van der Waals surface area contributed by atoms with Crippen LogP contribution < -0.4 is 11.1 Å². The summed E-state index contributed by atoms with van der Waals surface area (Å²) in [5.74, 6) is -1.23. The van der Waals surface area contributed by atoms with Crippen LogP contribution in [-0.2, 0) is 28.6 Å². The van der Waals surface area contributed by atoms with Crippen molar-refractivity contribution in [3.05, 3.63) is 44.1 Å². The Hall–Kier alpha value is -2.88. The lowest BCUT2D eigenvalue weighted by Gasteiger charge is -2.43. The van der Waals surface area contributed by atoms with Gasteiger partial charge in [-0.2, -0.15) is 13.2 Å². The summed E-state index contributed by atoms with van der Waals surface area (Å²) in [6, 6.07) is 2.86. The van der Waals surface area contributed by atoms with Gasteiger partial charge < -0.3 is 30.7 Å². The Morgan fingerprint density at radius 1 is 0.959 bits per heavy atom. The van der Waals surface area contributed by atoms with Crippen LogP contribution in [0.2, 0.25) is 0 Å². The van der Waals surface area contributed by atoms with Gasteiger partial charge in [-0.25, -0.2) is 4.79 Å². The van der Waals surface area contributed by atoms with Gasteiger partial charge in [-0.1, -0.05) is 0 Å². The molecular formula is C34H45BrF3N7O3S. The third-order valence-electron chi connectivity index (χ3n) is 10.7. The van der Waals surface area contributed by atoms with Crippen molar-refractivity contribution >= 4 is 56.5 Å². The Balaban J connectivity index is 1.12. The Morgan fingerprint density at radius 3 is 2.31 bits per heavy atom. The van der Waals surface area contributed by atoms with E-state index >= 15 is 0 Å². The smallest absolute Gasteiger partial charge is 0.397 e. The van der Waals surface area contributed by atoms with E-state index in [2.05, 4.69) is 43.5 Å². The zero-order valence-corrected chi connectivity index (χ0v) is 30.2. The minimum Gasteiger partial charge on any atom is -0.397 e. The molecule has 5 heterocycles. The molecule has 49 heavy (non-hydrogen) atoms. The van der Waals surface area contributed by atoms with Crippen LogP contribution in [0.3, 0.4) is 0 Å². The van der Waals surface area contributed by atoms with E-state index in [0.29, 0.717) is 57.2 Å². The summed E-state index contributed by atoms with van der Waals surface area (Å²) in [6.07, 6.45) is -0.616. The zero-order chi connectivity index (χ0) is 34.9. The van der Waals surface area contributed by atoms with Crippen LogP contribution in [0.5, 0.6) is 0 Å². The van der Waals surface area contributed by atoms with Crippen LogP contribution >= 0.6 is 27.3 Å². The number of amides is 4. The van der Waals surface area contributed by atoms with Crippen LogP contribution in [0, 0.1) is 5.92 Å². The Labute approximate surface area is 297 Å². The highest BCUT2D eigenvalue weighted by Gasteiger charge is 2.37. The van der Waals surface area contributed by atoms with E-state index in [1.165, 1.54) is 6.07 Å². The molecule has 0 aliphatic carbocycles. The number of anilines is 2. The van der Waals surface area contributed by atoms with Crippen molar-refractivity contribution in [3.63, 3.8) is 0 Å². The van der Waals surface area contributed by atoms with E-state index in [9.17, 15) is 27.6 Å². The fourth-order valence-corrected chi connectivity index (χ4v) is 9.09. The number of nitrogens with one attached hydrogen (secondary N) is 1. The van der Waals surface area contributed by atoms with E-state index in [1.54, 1.807) is 21.1 Å². The third kappa shape index (κ3) is 8.37. The number of alkyl halides is 3. The minimum atomic E-state index is -4.66. The molecule has 3 fully saturated rings. The summed E-state index contributed by atoms with van der Waals surface area (Å²) in [5, 5.41) is 7.01. The maximum Gasteiger partial charge on any atom is 0.418 e. The van der Waals surface area contributed by atoms with Gasteiger partial charge in [0.2, 0.25) is 11.8 Å². The number of benzene rings is 1. The first-order valence-corrected chi connectivity index (χ1v) is 18.9. The molecule has 3 N–H and O–H groups in total. The highest BCUT2D eigenvalue weighted by Crippen LogP contribution is 2.39. The van der Waals surface area contributed by atoms with Crippen molar-refractivity contribution in [1.82, 2.24) is 24.5 Å². The summed E-state index contributed by atoms with van der Waals surface area (Å²) in [5.41, 5.74) is 6.68. The van der Waals surface area contributed by atoms with Gasteiger partial charge in [-0.3, -0.25) is 14.5 Å². The lowest BCUT2D eigenvalue weighted by molar-refractivity contribution is -0.143. The van der Waals surface area contributed by atoms with E-state index in [4.69, 9.17) is 5.73 Å². The Kier molecular flexibility index (Phi) is 11.1. The molecule has 4 amide bonds. The quantitative estimate of drug-likeness (QED) is 0.386. The van der Waals surface area contributed by atoms with Crippen LogP contribution in [0.4, 0.5) is 29.3 Å². The van der Waals surface area contributed by atoms with Gasteiger partial charge in [-0.15, -0.1) is 11.3 Å². The number of halogens is 4. The monoisotopic (exact) mass is 767 g/mol. The predicted octanol–water partition coefficient (Wildman–Crippen LogP) is 4.98. The molecule has 1 aromatic heterocycles. The summed E-state index contributed by atoms with van der Waals surface area (Å²) < 4.78 is 41.7. The van der Waals surface area contributed by atoms with Crippen molar-refractivity contribution in [3.8, 4) is 0 Å². The van der Waals surface area contributed by atoms with E-state index in [0.717, 1.165) is 62.8 Å². The molecule has 268 valence electrons. The number of carbonyl (C=O) groups is 3. The number of nitrogens with two attached hydrogens (primary N) is 1. The number of piperazine rings is 1. The van der Waals surface area contributed by atoms with Gasteiger partial charge in [-0.05, 0) is 103 Å². The van der Waals surface area contributed by atoms with Gasteiger partial charge in [0.25, 0.3) is 0 Å². The second-order valence-corrected chi connectivity index (χ2v) is 15.4. The molecular weight excluding hydrogens is 723 g/mol. The number of carbonyl (C=O) groups excluding carboxylic acids is 3. The number of piperidine rings is 2. The van der Waals surface area contributed by atoms with Gasteiger partial charge in [0.1, 0.15) is 0 Å². The van der Waals surface area contributed by atoms with Gasteiger partial charge in [0.05, 0.1) is 22.9 Å². The molecule has 4 aliphatic heterocycles.